The molecule has 0 fully saturated rings. The molecule has 1 rings (SSSR count). The molecule has 1 atom stereocenters. The van der Waals surface area contributed by atoms with Gasteiger partial charge in [0.25, 0.3) is 0 Å². The number of aliphatic carboxylic acids is 1. The second-order valence-corrected chi connectivity index (χ2v) is 4.00. The van der Waals surface area contributed by atoms with Crippen LogP contribution in [-0.4, -0.2) is 22.7 Å². The molecule has 94 valence electrons. The first-order chi connectivity index (χ1) is 8.13. The van der Waals surface area contributed by atoms with Crippen LogP contribution in [0.15, 0.2) is 24.3 Å². The predicted octanol–water partition coefficient (Wildman–Crippen LogP) is 2.30. The molecule has 3 N–H and O–H groups in total. The Morgan fingerprint density at radius 1 is 1.35 bits per heavy atom. The molecule has 0 amide bonds. The van der Waals surface area contributed by atoms with Gasteiger partial charge in [0.1, 0.15) is 5.75 Å². The van der Waals surface area contributed by atoms with Gasteiger partial charge in [0.05, 0.1) is 0 Å². The van der Waals surface area contributed by atoms with Gasteiger partial charge >= 0.3 is 5.97 Å². The molecule has 0 radical (unpaired) electrons. The maximum Gasteiger partial charge on any atom is 0.303 e. The molecule has 0 spiro atoms. The summed E-state index contributed by atoms with van der Waals surface area (Å²) in [5.41, 5.74) is 1.11. The van der Waals surface area contributed by atoms with Gasteiger partial charge in [0, 0.05) is 12.5 Å². The molecule has 0 aliphatic carbocycles. The van der Waals surface area contributed by atoms with Gasteiger partial charge in [-0.1, -0.05) is 19.1 Å². The van der Waals surface area contributed by atoms with Crippen molar-refractivity contribution in [2.24, 2.45) is 0 Å². The SMILES string of the molecule is CCC(NCCCC(=O)O)c1ccc(O)cc1. The topological polar surface area (TPSA) is 69.6 Å². The summed E-state index contributed by atoms with van der Waals surface area (Å²) in [5, 5.41) is 21.0. The van der Waals surface area contributed by atoms with Crippen molar-refractivity contribution >= 4 is 5.97 Å². The highest BCUT2D eigenvalue weighted by atomic mass is 16.4. The van der Waals surface area contributed by atoms with Crippen LogP contribution in [0.1, 0.15) is 37.8 Å². The van der Waals surface area contributed by atoms with Crippen molar-refractivity contribution in [2.45, 2.75) is 32.2 Å². The van der Waals surface area contributed by atoms with Crippen LogP contribution in [0.2, 0.25) is 0 Å². The molecular formula is C13H19NO3. The number of hydrogen-bond acceptors (Lipinski definition) is 3. The van der Waals surface area contributed by atoms with E-state index in [0.29, 0.717) is 13.0 Å². The summed E-state index contributed by atoms with van der Waals surface area (Å²) in [4.78, 5) is 10.4. The summed E-state index contributed by atoms with van der Waals surface area (Å²) in [6.45, 7) is 2.76. The molecule has 0 saturated carbocycles. The van der Waals surface area contributed by atoms with Crippen LogP contribution in [0.4, 0.5) is 0 Å². The number of nitrogens with one attached hydrogen (secondary N) is 1. The van der Waals surface area contributed by atoms with Gasteiger partial charge in [-0.2, -0.15) is 0 Å². The summed E-state index contributed by atoms with van der Waals surface area (Å²) in [6, 6.07) is 7.30. The summed E-state index contributed by atoms with van der Waals surface area (Å²) in [5.74, 6) is -0.501. The predicted molar refractivity (Wildman–Crippen MR) is 66.0 cm³/mol. The minimum atomic E-state index is -0.760. The van der Waals surface area contributed by atoms with Gasteiger partial charge in [-0.15, -0.1) is 0 Å². The highest BCUT2D eigenvalue weighted by Gasteiger charge is 2.08. The number of carboxylic acids is 1. The molecular weight excluding hydrogens is 218 g/mol. The Labute approximate surface area is 101 Å². The fourth-order valence-electron chi connectivity index (χ4n) is 1.72. The van der Waals surface area contributed by atoms with E-state index in [1.54, 1.807) is 12.1 Å². The standard InChI is InChI=1S/C13H19NO3/c1-2-12(14-9-3-4-13(16)17)10-5-7-11(15)8-6-10/h5-8,12,14-15H,2-4,9H2,1H3,(H,16,17). The van der Waals surface area contributed by atoms with Gasteiger partial charge < -0.3 is 15.5 Å². The van der Waals surface area contributed by atoms with Crippen molar-refractivity contribution in [1.29, 1.82) is 0 Å². The summed E-state index contributed by atoms with van der Waals surface area (Å²) >= 11 is 0. The lowest BCUT2D eigenvalue weighted by atomic mass is 10.0. The zero-order valence-corrected chi connectivity index (χ0v) is 10.0. The first-order valence-corrected chi connectivity index (χ1v) is 5.87. The zero-order chi connectivity index (χ0) is 12.7. The highest BCUT2D eigenvalue weighted by Crippen LogP contribution is 2.19. The Bertz CT molecular complexity index is 348. The monoisotopic (exact) mass is 237 g/mol. The van der Waals surface area contributed by atoms with Gasteiger partial charge in [-0.25, -0.2) is 0 Å². The van der Waals surface area contributed by atoms with Crippen LogP contribution in [-0.2, 0) is 4.79 Å². The van der Waals surface area contributed by atoms with Crippen molar-refractivity contribution < 1.29 is 15.0 Å². The van der Waals surface area contributed by atoms with E-state index in [9.17, 15) is 9.90 Å². The molecule has 4 nitrogen and oxygen atoms in total. The van der Waals surface area contributed by atoms with Crippen LogP contribution in [0.25, 0.3) is 0 Å². The van der Waals surface area contributed by atoms with Crippen LogP contribution >= 0.6 is 0 Å². The Hall–Kier alpha value is -1.55. The van der Waals surface area contributed by atoms with Gasteiger partial charge in [0.2, 0.25) is 0 Å². The summed E-state index contributed by atoms with van der Waals surface area (Å²) < 4.78 is 0. The van der Waals surface area contributed by atoms with Gasteiger partial charge in [-0.3, -0.25) is 4.79 Å². The minimum absolute atomic E-state index is 0.193. The van der Waals surface area contributed by atoms with Gasteiger partial charge in [-0.05, 0) is 37.1 Å². The first kappa shape index (κ1) is 13.5. The van der Waals surface area contributed by atoms with E-state index in [-0.39, 0.29) is 18.2 Å². The summed E-state index contributed by atoms with van der Waals surface area (Å²) in [7, 11) is 0. The largest absolute Gasteiger partial charge is 0.508 e. The third-order valence-electron chi connectivity index (χ3n) is 2.66. The van der Waals surface area contributed by atoms with Crippen LogP contribution in [0.5, 0.6) is 5.75 Å². The first-order valence-electron chi connectivity index (χ1n) is 5.87. The van der Waals surface area contributed by atoms with Gasteiger partial charge in [0.15, 0.2) is 0 Å². The number of aromatic hydroxyl groups is 1. The normalized spacial score (nSPS) is 12.3. The Kier molecular flexibility index (Phi) is 5.49. The molecule has 17 heavy (non-hydrogen) atoms. The summed E-state index contributed by atoms with van der Waals surface area (Å²) in [6.07, 6.45) is 1.75. The van der Waals surface area contributed by atoms with Crippen molar-refractivity contribution in [3.8, 4) is 5.75 Å². The van der Waals surface area contributed by atoms with Crippen LogP contribution in [0.3, 0.4) is 0 Å². The van der Waals surface area contributed by atoms with Crippen molar-refractivity contribution in [3.63, 3.8) is 0 Å². The highest BCUT2D eigenvalue weighted by molar-refractivity contribution is 5.66. The molecule has 0 heterocycles. The Morgan fingerprint density at radius 2 is 2.00 bits per heavy atom. The van der Waals surface area contributed by atoms with E-state index in [4.69, 9.17) is 5.11 Å². The number of carbonyl (C=O) groups is 1. The van der Waals surface area contributed by atoms with Crippen molar-refractivity contribution in [1.82, 2.24) is 5.32 Å². The van der Waals surface area contributed by atoms with E-state index < -0.39 is 5.97 Å². The quantitative estimate of drug-likeness (QED) is 0.636. The molecule has 1 aromatic carbocycles. The maximum atomic E-state index is 10.4. The smallest absolute Gasteiger partial charge is 0.303 e. The fourth-order valence-corrected chi connectivity index (χ4v) is 1.72. The van der Waals surface area contributed by atoms with E-state index >= 15 is 0 Å². The lowest BCUT2D eigenvalue weighted by molar-refractivity contribution is -0.137. The van der Waals surface area contributed by atoms with Crippen molar-refractivity contribution in [3.05, 3.63) is 29.8 Å². The van der Waals surface area contributed by atoms with Crippen LogP contribution in [0, 0.1) is 0 Å². The number of benzene rings is 1. The van der Waals surface area contributed by atoms with E-state index in [2.05, 4.69) is 12.2 Å². The number of carboxylic acid groups (broad SMARTS) is 1. The van der Waals surface area contributed by atoms with E-state index in [0.717, 1.165) is 12.0 Å². The fraction of sp³-hybridized carbons (Fsp3) is 0.462. The lowest BCUT2D eigenvalue weighted by Crippen LogP contribution is -2.22. The molecule has 0 aliphatic heterocycles. The zero-order valence-electron chi connectivity index (χ0n) is 10.0. The molecule has 0 aromatic heterocycles. The molecule has 1 aromatic rings. The number of phenolic OH excluding ortho intramolecular Hbond substituents is 1. The molecule has 0 bridgehead atoms. The second-order valence-electron chi connectivity index (χ2n) is 4.00. The maximum absolute atomic E-state index is 10.4. The minimum Gasteiger partial charge on any atom is -0.508 e. The molecule has 1 unspecified atom stereocenters. The number of phenols is 1. The Balaban J connectivity index is 2.43. The second kappa shape index (κ2) is 6.91. The third-order valence-corrected chi connectivity index (χ3v) is 2.66. The lowest BCUT2D eigenvalue weighted by Gasteiger charge is -2.17. The molecule has 0 aliphatic rings. The average molecular weight is 237 g/mol. The van der Waals surface area contributed by atoms with E-state index in [1.807, 2.05) is 12.1 Å². The Morgan fingerprint density at radius 3 is 2.53 bits per heavy atom. The van der Waals surface area contributed by atoms with Crippen molar-refractivity contribution in [2.75, 3.05) is 6.54 Å². The third kappa shape index (κ3) is 4.87. The number of rotatable bonds is 7. The average Bonchev–Trinajstić information content (AvgIpc) is 2.30. The van der Waals surface area contributed by atoms with E-state index in [1.165, 1.54) is 0 Å². The molecule has 4 heteroatoms. The molecule has 0 saturated heterocycles. The van der Waals surface area contributed by atoms with Crippen LogP contribution < -0.4 is 5.32 Å². The number of hydrogen-bond donors (Lipinski definition) is 3.